The maximum absolute atomic E-state index is 12.5. The Kier molecular flexibility index (Phi) is 8.25. The van der Waals surface area contributed by atoms with Crippen molar-refractivity contribution in [3.8, 4) is 0 Å². The SMILES string of the molecule is CCSC1CCCCN(C(=O)[C@@H]2CC[C@H](CN)O2)C1.Cl. The molecule has 2 N–H and O–H groups in total. The lowest BCUT2D eigenvalue weighted by Crippen LogP contribution is -2.42. The third-order valence-corrected chi connectivity index (χ3v) is 5.18. The Morgan fingerprint density at radius 2 is 2.15 bits per heavy atom. The maximum Gasteiger partial charge on any atom is 0.251 e. The molecule has 2 fully saturated rings. The molecule has 2 aliphatic rings. The van der Waals surface area contributed by atoms with Gasteiger partial charge in [-0.1, -0.05) is 13.3 Å². The quantitative estimate of drug-likeness (QED) is 0.860. The van der Waals surface area contributed by atoms with Crippen LogP contribution in [0.5, 0.6) is 0 Å². The van der Waals surface area contributed by atoms with Crippen LogP contribution in [0.3, 0.4) is 0 Å². The van der Waals surface area contributed by atoms with Gasteiger partial charge in [-0.05, 0) is 31.4 Å². The summed E-state index contributed by atoms with van der Waals surface area (Å²) in [6, 6.07) is 0. The first-order valence-corrected chi connectivity index (χ1v) is 8.55. The molecule has 1 unspecified atom stereocenters. The topological polar surface area (TPSA) is 55.6 Å². The molecule has 0 aromatic carbocycles. The van der Waals surface area contributed by atoms with Crippen molar-refractivity contribution < 1.29 is 9.53 Å². The van der Waals surface area contributed by atoms with Crippen LogP contribution < -0.4 is 5.73 Å². The first-order valence-electron chi connectivity index (χ1n) is 7.50. The Balaban J connectivity index is 0.00000200. The molecule has 0 aromatic heterocycles. The molecule has 0 bridgehead atoms. The van der Waals surface area contributed by atoms with Gasteiger partial charge in [0.2, 0.25) is 0 Å². The summed E-state index contributed by atoms with van der Waals surface area (Å²) in [4.78, 5) is 14.5. The Morgan fingerprint density at radius 1 is 1.35 bits per heavy atom. The van der Waals surface area contributed by atoms with Crippen LogP contribution in [0.1, 0.15) is 39.0 Å². The second-order valence-electron chi connectivity index (χ2n) is 5.42. The Labute approximate surface area is 132 Å². The highest BCUT2D eigenvalue weighted by molar-refractivity contribution is 7.99. The highest BCUT2D eigenvalue weighted by Gasteiger charge is 2.34. The summed E-state index contributed by atoms with van der Waals surface area (Å²) in [7, 11) is 0. The van der Waals surface area contributed by atoms with Gasteiger partial charge in [0, 0.05) is 24.9 Å². The second-order valence-corrected chi connectivity index (χ2v) is 6.99. The summed E-state index contributed by atoms with van der Waals surface area (Å²) < 4.78 is 5.74. The van der Waals surface area contributed by atoms with Crippen LogP contribution >= 0.6 is 24.2 Å². The van der Waals surface area contributed by atoms with E-state index in [4.69, 9.17) is 10.5 Å². The number of ether oxygens (including phenoxy) is 1. The number of nitrogens with zero attached hydrogens (tertiary/aromatic N) is 1. The maximum atomic E-state index is 12.5. The summed E-state index contributed by atoms with van der Waals surface area (Å²) in [5, 5.41) is 0.600. The van der Waals surface area contributed by atoms with E-state index in [1.165, 1.54) is 12.8 Å². The fourth-order valence-corrected chi connectivity index (χ4v) is 4.03. The lowest BCUT2D eigenvalue weighted by Gasteiger charge is -2.26. The van der Waals surface area contributed by atoms with Crippen molar-refractivity contribution >= 4 is 30.1 Å². The molecule has 2 saturated heterocycles. The first-order chi connectivity index (χ1) is 9.24. The second kappa shape index (κ2) is 9.13. The van der Waals surface area contributed by atoms with Crippen LogP contribution in [0.4, 0.5) is 0 Å². The molecule has 6 heteroatoms. The number of hydrogen-bond donors (Lipinski definition) is 1. The molecule has 0 saturated carbocycles. The van der Waals surface area contributed by atoms with E-state index in [0.717, 1.165) is 38.1 Å². The summed E-state index contributed by atoms with van der Waals surface area (Å²) in [6.45, 7) is 4.50. The number of hydrogen-bond acceptors (Lipinski definition) is 4. The molecule has 2 aliphatic heterocycles. The highest BCUT2D eigenvalue weighted by Crippen LogP contribution is 2.25. The number of thioether (sulfide) groups is 1. The summed E-state index contributed by atoms with van der Waals surface area (Å²) in [5.74, 6) is 1.32. The molecule has 0 radical (unpaired) electrons. The largest absolute Gasteiger partial charge is 0.364 e. The first kappa shape index (κ1) is 18.1. The number of nitrogens with two attached hydrogens (primary N) is 1. The predicted molar refractivity (Wildman–Crippen MR) is 86.5 cm³/mol. The fourth-order valence-electron chi connectivity index (χ4n) is 2.94. The van der Waals surface area contributed by atoms with Gasteiger partial charge in [-0.25, -0.2) is 0 Å². The molecule has 118 valence electrons. The van der Waals surface area contributed by atoms with Crippen molar-refractivity contribution in [2.45, 2.75) is 56.5 Å². The number of carbonyl (C=O) groups is 1. The van der Waals surface area contributed by atoms with Gasteiger partial charge in [0.1, 0.15) is 6.10 Å². The van der Waals surface area contributed by atoms with Crippen molar-refractivity contribution in [3.05, 3.63) is 0 Å². The van der Waals surface area contributed by atoms with Crippen LogP contribution in [0.15, 0.2) is 0 Å². The monoisotopic (exact) mass is 322 g/mol. The Morgan fingerprint density at radius 3 is 2.80 bits per heavy atom. The van der Waals surface area contributed by atoms with Gasteiger partial charge in [-0.2, -0.15) is 11.8 Å². The molecule has 1 amide bonds. The van der Waals surface area contributed by atoms with Gasteiger partial charge in [0.25, 0.3) is 5.91 Å². The minimum atomic E-state index is -0.237. The minimum absolute atomic E-state index is 0. The van der Waals surface area contributed by atoms with E-state index < -0.39 is 0 Å². The van der Waals surface area contributed by atoms with Gasteiger partial charge in [-0.15, -0.1) is 12.4 Å². The number of rotatable bonds is 4. The van der Waals surface area contributed by atoms with Gasteiger partial charge >= 0.3 is 0 Å². The van der Waals surface area contributed by atoms with E-state index >= 15 is 0 Å². The Bertz CT molecular complexity index is 307. The predicted octanol–water partition coefficient (Wildman–Crippen LogP) is 2.05. The molecule has 20 heavy (non-hydrogen) atoms. The van der Waals surface area contributed by atoms with Crippen molar-refractivity contribution in [2.24, 2.45) is 5.73 Å². The standard InChI is InChI=1S/C14H26N2O2S.ClH/c1-2-19-12-5-3-4-8-16(10-12)14(17)13-7-6-11(9-15)18-13;/h11-13H,2-10,15H2,1H3;1H/t11-,12?,13+;/m1./s1. The number of carbonyl (C=O) groups excluding carboxylic acids is 1. The molecule has 4 nitrogen and oxygen atoms in total. The average molecular weight is 323 g/mol. The summed E-state index contributed by atoms with van der Waals surface area (Å²) in [6.07, 6.45) is 5.20. The molecule has 0 aliphatic carbocycles. The van der Waals surface area contributed by atoms with Gasteiger partial charge in [0.15, 0.2) is 0 Å². The molecular formula is C14H27ClN2O2S. The van der Waals surface area contributed by atoms with E-state index in [9.17, 15) is 4.79 Å². The average Bonchev–Trinajstić information content (AvgIpc) is 2.78. The zero-order valence-electron chi connectivity index (χ0n) is 12.3. The van der Waals surface area contributed by atoms with Gasteiger partial charge < -0.3 is 15.4 Å². The van der Waals surface area contributed by atoms with E-state index in [2.05, 4.69) is 6.92 Å². The smallest absolute Gasteiger partial charge is 0.251 e. The molecule has 3 atom stereocenters. The molecule has 2 rings (SSSR count). The van der Waals surface area contributed by atoms with E-state index in [0.29, 0.717) is 11.8 Å². The van der Waals surface area contributed by atoms with E-state index in [1.807, 2.05) is 16.7 Å². The van der Waals surface area contributed by atoms with E-state index in [-0.39, 0.29) is 30.5 Å². The van der Waals surface area contributed by atoms with E-state index in [1.54, 1.807) is 0 Å². The van der Waals surface area contributed by atoms with Gasteiger partial charge in [-0.3, -0.25) is 4.79 Å². The molecule has 2 heterocycles. The van der Waals surface area contributed by atoms with Crippen LogP contribution in [0.2, 0.25) is 0 Å². The lowest BCUT2D eigenvalue weighted by molar-refractivity contribution is -0.142. The number of likely N-dealkylation sites (tertiary alicyclic amines) is 1. The normalized spacial score (nSPS) is 30.7. The van der Waals surface area contributed by atoms with Crippen LogP contribution in [-0.2, 0) is 9.53 Å². The van der Waals surface area contributed by atoms with Crippen molar-refractivity contribution in [2.75, 3.05) is 25.4 Å². The lowest BCUT2D eigenvalue weighted by atomic mass is 10.2. The Hall–Kier alpha value is 0.0300. The third kappa shape index (κ3) is 4.79. The fraction of sp³-hybridized carbons (Fsp3) is 0.929. The molecule has 0 aromatic rings. The number of halogens is 1. The highest BCUT2D eigenvalue weighted by atomic mass is 35.5. The van der Waals surface area contributed by atoms with Gasteiger partial charge in [0.05, 0.1) is 6.10 Å². The van der Waals surface area contributed by atoms with Crippen LogP contribution in [-0.4, -0.2) is 53.7 Å². The molecular weight excluding hydrogens is 296 g/mol. The summed E-state index contributed by atoms with van der Waals surface area (Å²) in [5.41, 5.74) is 5.61. The van der Waals surface area contributed by atoms with Crippen molar-refractivity contribution in [3.63, 3.8) is 0 Å². The van der Waals surface area contributed by atoms with Crippen LogP contribution in [0.25, 0.3) is 0 Å². The van der Waals surface area contributed by atoms with Crippen molar-refractivity contribution in [1.82, 2.24) is 4.90 Å². The molecule has 0 spiro atoms. The third-order valence-electron chi connectivity index (χ3n) is 3.99. The van der Waals surface area contributed by atoms with Crippen LogP contribution in [0, 0.1) is 0 Å². The minimum Gasteiger partial charge on any atom is -0.364 e. The zero-order valence-corrected chi connectivity index (χ0v) is 13.9. The number of amides is 1. The van der Waals surface area contributed by atoms with Crippen molar-refractivity contribution in [1.29, 1.82) is 0 Å². The summed E-state index contributed by atoms with van der Waals surface area (Å²) >= 11 is 1.98. The zero-order chi connectivity index (χ0) is 13.7.